The van der Waals surface area contributed by atoms with Gasteiger partial charge in [-0.15, -0.1) is 0 Å². The number of aliphatic hydroxyl groups excluding tert-OH is 7. The molecule has 0 bridgehead atoms. The van der Waals surface area contributed by atoms with E-state index in [4.69, 9.17) is 33.3 Å². The first kappa shape index (κ1) is 22.0. The monoisotopic (exact) mass is 404 g/mol. The van der Waals surface area contributed by atoms with Crippen LogP contribution in [-0.2, 0) is 18.6 Å². The van der Waals surface area contributed by atoms with Crippen molar-refractivity contribution in [3.8, 4) is 0 Å². The normalized spacial score (nSPS) is 47.3. The summed E-state index contributed by atoms with van der Waals surface area (Å²) in [6.07, 6.45) is -16.0. The molecule has 0 saturated carbocycles. The Bertz CT molecular complexity index is 439. The molecule has 0 aromatic rings. The summed E-state index contributed by atoms with van der Waals surface area (Å²) in [7, 11) is -3.68. The van der Waals surface area contributed by atoms with Crippen LogP contribution in [0.3, 0.4) is 0 Å². The van der Waals surface area contributed by atoms with E-state index in [1.54, 1.807) is 0 Å². The Kier molecular flexibility index (Phi) is 7.83. The molecular formula is C12H24O13Si. The fraction of sp³-hybridized carbons (Fsp3) is 1.00. The van der Waals surface area contributed by atoms with Crippen LogP contribution in [0.4, 0.5) is 0 Å². The fourth-order valence-electron chi connectivity index (χ4n) is 2.78. The van der Waals surface area contributed by atoms with Crippen molar-refractivity contribution in [3.63, 3.8) is 0 Å². The van der Waals surface area contributed by atoms with Gasteiger partial charge in [-0.25, -0.2) is 0 Å². The summed E-state index contributed by atoms with van der Waals surface area (Å²) in [4.78, 5) is 18.1. The summed E-state index contributed by atoms with van der Waals surface area (Å²) in [5.74, 6) is 0. The van der Waals surface area contributed by atoms with E-state index in [1.165, 1.54) is 0 Å². The lowest BCUT2D eigenvalue weighted by molar-refractivity contribution is -0.375. The van der Waals surface area contributed by atoms with Gasteiger partial charge in [0.1, 0.15) is 48.8 Å². The van der Waals surface area contributed by atoms with Gasteiger partial charge in [-0.1, -0.05) is 0 Å². The molecule has 26 heavy (non-hydrogen) atoms. The highest BCUT2D eigenvalue weighted by Gasteiger charge is 2.50. The Hall–Kier alpha value is -0.303. The third-order valence-corrected chi connectivity index (χ3v) is 4.78. The first-order valence-corrected chi connectivity index (χ1v) is 9.31. The van der Waals surface area contributed by atoms with E-state index in [9.17, 15) is 30.6 Å². The summed E-state index contributed by atoms with van der Waals surface area (Å²) in [5.41, 5.74) is 0. The average molecular weight is 404 g/mol. The lowest BCUT2D eigenvalue weighted by Gasteiger charge is -2.45. The number of ether oxygens (including phenoxy) is 3. The van der Waals surface area contributed by atoms with E-state index in [-0.39, 0.29) is 0 Å². The van der Waals surface area contributed by atoms with Crippen molar-refractivity contribution in [2.45, 2.75) is 61.4 Å². The van der Waals surface area contributed by atoms with Crippen LogP contribution in [0.15, 0.2) is 0 Å². The molecule has 2 aliphatic heterocycles. The largest absolute Gasteiger partial charge is 0.479 e. The van der Waals surface area contributed by atoms with Gasteiger partial charge in [-0.2, -0.15) is 0 Å². The molecule has 0 spiro atoms. The van der Waals surface area contributed by atoms with Crippen LogP contribution in [0.25, 0.3) is 0 Å². The predicted octanol–water partition coefficient (Wildman–Crippen LogP) is -6.67. The van der Waals surface area contributed by atoms with Crippen LogP contribution >= 0.6 is 0 Å². The molecule has 10 atom stereocenters. The number of hydrogen-bond acceptors (Lipinski definition) is 13. The fourth-order valence-corrected chi connectivity index (χ4v) is 3.38. The van der Waals surface area contributed by atoms with E-state index in [1.807, 2.05) is 0 Å². The predicted molar refractivity (Wildman–Crippen MR) is 79.1 cm³/mol. The van der Waals surface area contributed by atoms with E-state index < -0.39 is 84.2 Å². The van der Waals surface area contributed by atoms with Crippen molar-refractivity contribution in [1.82, 2.24) is 0 Å². The Morgan fingerprint density at radius 1 is 0.692 bits per heavy atom. The maximum atomic E-state index is 10.2. The molecule has 0 radical (unpaired) electrons. The molecule has 0 unspecified atom stereocenters. The zero-order valence-corrected chi connectivity index (χ0v) is 14.6. The third-order valence-electron chi connectivity index (χ3n) is 4.22. The third kappa shape index (κ3) is 4.57. The summed E-state index contributed by atoms with van der Waals surface area (Å²) in [6.45, 7) is -1.43. The summed E-state index contributed by atoms with van der Waals surface area (Å²) < 4.78 is 20.2. The Morgan fingerprint density at radius 3 is 1.69 bits per heavy atom. The highest BCUT2D eigenvalue weighted by molar-refractivity contribution is 6.32. The molecule has 2 heterocycles. The SMILES string of the molecule is OC[C@H]1O[C@H](O[C@H]2O[C@H](CO)[C@@H](O)[C@H](O[SiH](O)O)[C@H]2O)[C@H](O)[C@@H](O)[C@@H]1O. The molecule has 0 aromatic heterocycles. The molecule has 2 saturated heterocycles. The summed E-state index contributed by atoms with van der Waals surface area (Å²) in [5, 5.41) is 68.0. The summed E-state index contributed by atoms with van der Waals surface area (Å²) in [6, 6.07) is 0. The molecule has 0 aliphatic carbocycles. The molecule has 154 valence electrons. The van der Waals surface area contributed by atoms with Crippen LogP contribution in [0.5, 0.6) is 0 Å². The van der Waals surface area contributed by atoms with Crippen LogP contribution in [0.2, 0.25) is 0 Å². The zero-order chi connectivity index (χ0) is 19.6. The van der Waals surface area contributed by atoms with Gasteiger partial charge in [0.05, 0.1) is 13.2 Å². The lowest BCUT2D eigenvalue weighted by Crippen LogP contribution is -2.64. The maximum absolute atomic E-state index is 10.2. The minimum atomic E-state index is -3.68. The minimum absolute atomic E-state index is 0.703. The standard InChI is InChI=1S/C12H24O13Si/c13-1-3-5(15)7(17)8(18)11(22-3)24-12-9(19)10(25-26(20)21)6(16)4(2-14)23-12/h3-21,26H,1-2H2/t3-,4-,5-,6-,7+,8-,9-,10+,11-,12-/m1/s1. The first-order chi connectivity index (χ1) is 12.2. The second-order valence-corrected chi connectivity index (χ2v) is 6.89. The second-order valence-electron chi connectivity index (χ2n) is 5.97. The quantitative estimate of drug-likeness (QED) is 0.188. The zero-order valence-electron chi connectivity index (χ0n) is 13.4. The van der Waals surface area contributed by atoms with Gasteiger partial charge in [0.25, 0.3) is 0 Å². The molecule has 0 amide bonds. The minimum Gasteiger partial charge on any atom is -0.394 e. The van der Waals surface area contributed by atoms with Crippen LogP contribution < -0.4 is 0 Å². The van der Waals surface area contributed by atoms with Gasteiger partial charge in [-0.3, -0.25) is 0 Å². The number of hydrogen-bond donors (Lipinski definition) is 9. The Labute approximate surface area is 149 Å². The van der Waals surface area contributed by atoms with E-state index in [2.05, 4.69) is 0 Å². The molecule has 2 rings (SSSR count). The van der Waals surface area contributed by atoms with E-state index in [0.29, 0.717) is 0 Å². The molecule has 0 aromatic carbocycles. The second kappa shape index (κ2) is 9.26. The first-order valence-electron chi connectivity index (χ1n) is 7.81. The Balaban J connectivity index is 2.13. The van der Waals surface area contributed by atoms with Gasteiger partial charge in [0, 0.05) is 0 Å². The molecule has 13 nitrogen and oxygen atoms in total. The molecule has 14 heteroatoms. The molecular weight excluding hydrogens is 380 g/mol. The van der Waals surface area contributed by atoms with Crippen molar-refractivity contribution >= 4 is 9.53 Å². The highest BCUT2D eigenvalue weighted by atomic mass is 28.3. The van der Waals surface area contributed by atoms with Crippen molar-refractivity contribution in [1.29, 1.82) is 0 Å². The van der Waals surface area contributed by atoms with Gasteiger partial charge in [0.15, 0.2) is 12.6 Å². The van der Waals surface area contributed by atoms with Gasteiger partial charge < -0.3 is 64.0 Å². The Morgan fingerprint density at radius 2 is 1.19 bits per heavy atom. The van der Waals surface area contributed by atoms with Crippen molar-refractivity contribution in [2.75, 3.05) is 13.2 Å². The van der Waals surface area contributed by atoms with E-state index >= 15 is 0 Å². The van der Waals surface area contributed by atoms with Crippen molar-refractivity contribution in [2.24, 2.45) is 0 Å². The lowest BCUT2D eigenvalue weighted by atomic mass is 9.98. The van der Waals surface area contributed by atoms with Crippen molar-refractivity contribution in [3.05, 3.63) is 0 Å². The van der Waals surface area contributed by atoms with Gasteiger partial charge in [0.2, 0.25) is 0 Å². The molecule has 2 aliphatic rings. The van der Waals surface area contributed by atoms with E-state index in [0.717, 1.165) is 0 Å². The van der Waals surface area contributed by atoms with Crippen molar-refractivity contribution < 1.29 is 64.0 Å². The maximum Gasteiger partial charge on any atom is 0.479 e. The highest BCUT2D eigenvalue weighted by Crippen LogP contribution is 2.29. The van der Waals surface area contributed by atoms with Crippen LogP contribution in [0, 0.1) is 0 Å². The van der Waals surface area contributed by atoms with Crippen LogP contribution in [-0.4, -0.2) is 129 Å². The summed E-state index contributed by atoms with van der Waals surface area (Å²) >= 11 is 0. The number of aliphatic hydroxyl groups is 7. The average Bonchev–Trinajstić information content (AvgIpc) is 2.60. The number of rotatable bonds is 6. The topological polar surface area (TPSA) is 219 Å². The van der Waals surface area contributed by atoms with Gasteiger partial charge >= 0.3 is 9.53 Å². The van der Waals surface area contributed by atoms with Crippen LogP contribution in [0.1, 0.15) is 0 Å². The molecule has 2 fully saturated rings. The molecule has 9 N–H and O–H groups in total. The van der Waals surface area contributed by atoms with Gasteiger partial charge in [-0.05, 0) is 0 Å². The smallest absolute Gasteiger partial charge is 0.394 e.